The maximum Gasteiger partial charge on any atom is 0.246 e. The monoisotopic (exact) mass is 256 g/mol. The van der Waals surface area contributed by atoms with Gasteiger partial charge in [0, 0.05) is 12.1 Å². The van der Waals surface area contributed by atoms with Gasteiger partial charge in [0.25, 0.3) is 0 Å². The summed E-state index contributed by atoms with van der Waals surface area (Å²) < 4.78 is 36.1. The molecule has 2 aromatic heterocycles. The van der Waals surface area contributed by atoms with Crippen molar-refractivity contribution < 1.29 is 17.4 Å². The number of aryl methyl sites for hydroxylation is 2. The van der Waals surface area contributed by atoms with Crippen LogP contribution in [0.4, 0.5) is 0 Å². The highest BCUT2D eigenvalue weighted by Gasteiger charge is 2.23. The van der Waals surface area contributed by atoms with Gasteiger partial charge in [0.05, 0.1) is 12.5 Å². The second-order valence-corrected chi connectivity index (χ2v) is 5.31. The molecule has 0 saturated carbocycles. The molecule has 0 amide bonds. The molecular formula is C10H12N2O4S. The third kappa shape index (κ3) is 2.40. The first-order chi connectivity index (χ1) is 8.00. The summed E-state index contributed by atoms with van der Waals surface area (Å²) in [5.41, 5.74) is 1.10. The van der Waals surface area contributed by atoms with E-state index in [9.17, 15) is 8.42 Å². The van der Waals surface area contributed by atoms with Crippen molar-refractivity contribution in [2.75, 3.05) is 0 Å². The van der Waals surface area contributed by atoms with Gasteiger partial charge in [-0.3, -0.25) is 0 Å². The molecule has 0 aliphatic rings. The average Bonchev–Trinajstić information content (AvgIpc) is 2.86. The summed E-state index contributed by atoms with van der Waals surface area (Å²) in [7, 11) is -3.60. The van der Waals surface area contributed by atoms with E-state index in [1.807, 2.05) is 0 Å². The van der Waals surface area contributed by atoms with Crippen LogP contribution in [0.15, 0.2) is 32.4 Å². The predicted octanol–water partition coefficient (Wildman–Crippen LogP) is 1.36. The van der Waals surface area contributed by atoms with E-state index < -0.39 is 10.0 Å². The molecule has 0 atom stereocenters. The number of sulfonamides is 1. The normalized spacial score (nSPS) is 11.9. The minimum Gasteiger partial charge on any atom is -0.472 e. The number of hydrogen-bond donors (Lipinski definition) is 1. The van der Waals surface area contributed by atoms with E-state index in [0.717, 1.165) is 5.56 Å². The van der Waals surface area contributed by atoms with Crippen LogP contribution in [0.1, 0.15) is 17.0 Å². The Kier molecular flexibility index (Phi) is 3.03. The summed E-state index contributed by atoms with van der Waals surface area (Å²) in [6.45, 7) is 3.32. The molecule has 0 aliphatic carbocycles. The molecule has 0 spiro atoms. The molecule has 17 heavy (non-hydrogen) atoms. The Bertz CT molecular complexity index is 579. The number of nitrogens with one attached hydrogen (secondary N) is 1. The molecule has 1 N–H and O–H groups in total. The summed E-state index contributed by atoms with van der Waals surface area (Å²) in [6.07, 6.45) is 2.97. The summed E-state index contributed by atoms with van der Waals surface area (Å²) in [4.78, 5) is 0.0981. The first kappa shape index (κ1) is 11.9. The van der Waals surface area contributed by atoms with Gasteiger partial charge in [0.1, 0.15) is 10.6 Å². The minimum atomic E-state index is -3.60. The van der Waals surface area contributed by atoms with Crippen LogP contribution in [0.3, 0.4) is 0 Å². The number of aromatic nitrogens is 1. The van der Waals surface area contributed by atoms with E-state index >= 15 is 0 Å². The van der Waals surface area contributed by atoms with Gasteiger partial charge in [-0.05, 0) is 19.9 Å². The molecule has 6 nitrogen and oxygen atoms in total. The molecule has 0 bridgehead atoms. The molecule has 0 saturated heterocycles. The van der Waals surface area contributed by atoms with Gasteiger partial charge in [-0.15, -0.1) is 0 Å². The van der Waals surface area contributed by atoms with Crippen LogP contribution in [0.5, 0.6) is 0 Å². The molecule has 2 aromatic rings. The van der Waals surface area contributed by atoms with E-state index in [-0.39, 0.29) is 17.2 Å². The Morgan fingerprint density at radius 3 is 2.71 bits per heavy atom. The van der Waals surface area contributed by atoms with Crippen molar-refractivity contribution in [2.24, 2.45) is 0 Å². The topological polar surface area (TPSA) is 85.3 Å². The lowest BCUT2D eigenvalue weighted by atomic mass is 10.4. The zero-order valence-corrected chi connectivity index (χ0v) is 10.2. The molecule has 0 aliphatic heterocycles. The first-order valence-electron chi connectivity index (χ1n) is 4.94. The van der Waals surface area contributed by atoms with Gasteiger partial charge in [0.2, 0.25) is 10.0 Å². The highest BCUT2D eigenvalue weighted by molar-refractivity contribution is 7.89. The number of furan rings is 1. The maximum atomic E-state index is 12.0. The Hall–Kier alpha value is -1.60. The molecule has 2 heterocycles. The lowest BCUT2D eigenvalue weighted by molar-refractivity contribution is 0.390. The second-order valence-electron chi connectivity index (χ2n) is 3.61. The van der Waals surface area contributed by atoms with Crippen molar-refractivity contribution in [2.45, 2.75) is 25.3 Å². The third-order valence-electron chi connectivity index (χ3n) is 2.28. The summed E-state index contributed by atoms with van der Waals surface area (Å²) in [5, 5.41) is 3.61. The van der Waals surface area contributed by atoms with Crippen molar-refractivity contribution in [1.29, 1.82) is 0 Å². The SMILES string of the molecule is Cc1noc(C)c1S(=O)(=O)NCc1ccoc1. The quantitative estimate of drug-likeness (QED) is 0.892. The average molecular weight is 256 g/mol. The fraction of sp³-hybridized carbons (Fsp3) is 0.300. The van der Waals surface area contributed by atoms with Gasteiger partial charge in [-0.2, -0.15) is 0 Å². The lowest BCUT2D eigenvalue weighted by Gasteiger charge is -2.04. The maximum absolute atomic E-state index is 12.0. The first-order valence-corrected chi connectivity index (χ1v) is 6.42. The van der Waals surface area contributed by atoms with Crippen molar-refractivity contribution in [1.82, 2.24) is 9.88 Å². The largest absolute Gasteiger partial charge is 0.472 e. The Morgan fingerprint density at radius 2 is 2.18 bits per heavy atom. The van der Waals surface area contributed by atoms with Crippen molar-refractivity contribution >= 4 is 10.0 Å². The smallest absolute Gasteiger partial charge is 0.246 e. The Morgan fingerprint density at radius 1 is 1.41 bits per heavy atom. The standard InChI is InChI=1S/C10H12N2O4S/c1-7-10(8(2)16-12-7)17(13,14)11-5-9-3-4-15-6-9/h3-4,6,11H,5H2,1-2H3. The molecule has 0 aromatic carbocycles. The van der Waals surface area contributed by atoms with Gasteiger partial charge < -0.3 is 8.94 Å². The summed E-state index contributed by atoms with van der Waals surface area (Å²) in [6, 6.07) is 1.69. The van der Waals surface area contributed by atoms with Crippen LogP contribution in [-0.2, 0) is 16.6 Å². The van der Waals surface area contributed by atoms with Crippen LogP contribution in [-0.4, -0.2) is 13.6 Å². The molecule has 0 radical (unpaired) electrons. The lowest BCUT2D eigenvalue weighted by Crippen LogP contribution is -2.23. The number of rotatable bonds is 4. The van der Waals surface area contributed by atoms with Gasteiger partial charge in [0.15, 0.2) is 5.76 Å². The van der Waals surface area contributed by atoms with Gasteiger partial charge in [-0.25, -0.2) is 13.1 Å². The van der Waals surface area contributed by atoms with Crippen LogP contribution in [0.2, 0.25) is 0 Å². The highest BCUT2D eigenvalue weighted by atomic mass is 32.2. The van der Waals surface area contributed by atoms with Crippen LogP contribution in [0.25, 0.3) is 0 Å². The third-order valence-corrected chi connectivity index (χ3v) is 3.93. The van der Waals surface area contributed by atoms with Crippen LogP contribution >= 0.6 is 0 Å². The zero-order chi connectivity index (χ0) is 12.5. The van der Waals surface area contributed by atoms with E-state index in [1.54, 1.807) is 19.9 Å². The molecule has 92 valence electrons. The van der Waals surface area contributed by atoms with Crippen LogP contribution < -0.4 is 4.72 Å². The van der Waals surface area contributed by atoms with Crippen LogP contribution in [0, 0.1) is 13.8 Å². The Balaban J connectivity index is 2.20. The fourth-order valence-corrected chi connectivity index (χ4v) is 2.84. The highest BCUT2D eigenvalue weighted by Crippen LogP contribution is 2.18. The number of hydrogen-bond acceptors (Lipinski definition) is 5. The summed E-state index contributed by atoms with van der Waals surface area (Å²) in [5.74, 6) is 0.280. The Labute approximate surface area is 98.7 Å². The van der Waals surface area contributed by atoms with Gasteiger partial charge in [-0.1, -0.05) is 5.16 Å². The molecule has 7 heteroatoms. The van der Waals surface area contributed by atoms with Crippen molar-refractivity contribution in [3.05, 3.63) is 35.6 Å². The van der Waals surface area contributed by atoms with E-state index in [0.29, 0.717) is 5.69 Å². The molecule has 0 unspecified atom stereocenters. The van der Waals surface area contributed by atoms with Crippen molar-refractivity contribution in [3.8, 4) is 0 Å². The predicted molar refractivity (Wildman–Crippen MR) is 58.7 cm³/mol. The van der Waals surface area contributed by atoms with E-state index in [2.05, 4.69) is 9.88 Å². The molecule has 0 fully saturated rings. The fourth-order valence-electron chi connectivity index (χ4n) is 1.50. The van der Waals surface area contributed by atoms with Crippen molar-refractivity contribution in [3.63, 3.8) is 0 Å². The second kappa shape index (κ2) is 4.34. The van der Waals surface area contributed by atoms with Gasteiger partial charge >= 0.3 is 0 Å². The van der Waals surface area contributed by atoms with E-state index in [1.165, 1.54) is 12.5 Å². The summed E-state index contributed by atoms with van der Waals surface area (Å²) >= 11 is 0. The minimum absolute atomic E-state index is 0.0981. The molecular weight excluding hydrogens is 244 g/mol. The number of nitrogens with zero attached hydrogens (tertiary/aromatic N) is 1. The zero-order valence-electron chi connectivity index (χ0n) is 9.43. The molecule has 2 rings (SSSR count). The van der Waals surface area contributed by atoms with E-state index in [4.69, 9.17) is 8.94 Å².